The molecule has 0 nitrogen and oxygen atoms in total. The lowest BCUT2D eigenvalue weighted by molar-refractivity contribution is 1.66. The van der Waals surface area contributed by atoms with Gasteiger partial charge in [0.2, 0.25) is 0 Å². The average molecular weight is 669 g/mol. The Kier molecular flexibility index (Phi) is 6.09. The summed E-state index contributed by atoms with van der Waals surface area (Å²) >= 11 is 3.82. The molecule has 0 unspecified atom stereocenters. The van der Waals surface area contributed by atoms with E-state index in [0.29, 0.717) is 0 Å². The molecule has 2 aromatic heterocycles. The SMILES string of the molecule is c1ccc(-c2c3ccccc3c(-c3ccc4cc(-c5ccc6sc7c(ccc8sc9ccccc9c87)c6c5)ccc4c3)c3ccccc23)cc1. The van der Waals surface area contributed by atoms with E-state index in [1.807, 2.05) is 22.7 Å². The largest absolute Gasteiger partial charge is 0.135 e. The van der Waals surface area contributed by atoms with Crippen molar-refractivity contribution in [2.45, 2.75) is 0 Å². The number of rotatable bonds is 3. The molecule has 0 fully saturated rings. The van der Waals surface area contributed by atoms with Crippen LogP contribution in [0.15, 0.2) is 170 Å². The van der Waals surface area contributed by atoms with E-state index >= 15 is 0 Å². The van der Waals surface area contributed by atoms with Crippen molar-refractivity contribution in [3.63, 3.8) is 0 Å². The summed E-state index contributed by atoms with van der Waals surface area (Å²) in [5, 5.41) is 13.1. The van der Waals surface area contributed by atoms with Crippen LogP contribution in [0.5, 0.6) is 0 Å². The molecule has 0 radical (unpaired) electrons. The van der Waals surface area contributed by atoms with Gasteiger partial charge >= 0.3 is 0 Å². The fourth-order valence-electron chi connectivity index (χ4n) is 8.16. The first kappa shape index (κ1) is 28.1. The third-order valence-electron chi connectivity index (χ3n) is 10.4. The molecule has 0 atom stereocenters. The smallest absolute Gasteiger partial charge is 0.0448 e. The first-order valence-electron chi connectivity index (χ1n) is 17.1. The molecule has 0 N–H and O–H groups in total. The molecule has 0 saturated heterocycles. The normalized spacial score (nSPS) is 12.0. The highest BCUT2D eigenvalue weighted by molar-refractivity contribution is 7.29. The number of thiophene rings is 2. The van der Waals surface area contributed by atoms with Gasteiger partial charge in [0.25, 0.3) is 0 Å². The molecule has 9 aromatic carbocycles. The topological polar surface area (TPSA) is 0 Å². The maximum atomic E-state index is 2.40. The zero-order chi connectivity index (χ0) is 32.8. The molecule has 2 heterocycles. The Morgan fingerprint density at radius 1 is 0.280 bits per heavy atom. The summed E-state index contributed by atoms with van der Waals surface area (Å²) in [7, 11) is 0. The summed E-state index contributed by atoms with van der Waals surface area (Å²) in [5.74, 6) is 0. The second-order valence-electron chi connectivity index (χ2n) is 13.2. The average Bonchev–Trinajstić information content (AvgIpc) is 3.75. The Balaban J connectivity index is 1.05. The molecule has 0 aliphatic rings. The summed E-state index contributed by atoms with van der Waals surface area (Å²) in [5.41, 5.74) is 7.59. The Morgan fingerprint density at radius 3 is 1.52 bits per heavy atom. The Labute approximate surface area is 297 Å². The fourth-order valence-corrected chi connectivity index (χ4v) is 10.6. The summed E-state index contributed by atoms with van der Waals surface area (Å²) in [4.78, 5) is 0. The van der Waals surface area contributed by atoms with Crippen molar-refractivity contribution in [3.05, 3.63) is 170 Å². The van der Waals surface area contributed by atoms with E-state index in [0.717, 1.165) is 0 Å². The van der Waals surface area contributed by atoms with Crippen LogP contribution < -0.4 is 0 Å². The van der Waals surface area contributed by atoms with E-state index in [2.05, 4.69) is 170 Å². The molecule has 0 bridgehead atoms. The van der Waals surface area contributed by atoms with Gasteiger partial charge in [0.1, 0.15) is 0 Å². The predicted molar refractivity (Wildman–Crippen MR) is 221 cm³/mol. The zero-order valence-electron chi connectivity index (χ0n) is 27.0. The van der Waals surface area contributed by atoms with Crippen LogP contribution in [0.1, 0.15) is 0 Å². The van der Waals surface area contributed by atoms with Crippen LogP contribution >= 0.6 is 22.7 Å². The van der Waals surface area contributed by atoms with Gasteiger partial charge in [-0.3, -0.25) is 0 Å². The Hall–Kier alpha value is -5.80. The monoisotopic (exact) mass is 668 g/mol. The molecule has 0 amide bonds. The highest BCUT2D eigenvalue weighted by Crippen LogP contribution is 2.46. The predicted octanol–water partition coefficient (Wildman–Crippen LogP) is 14.9. The van der Waals surface area contributed by atoms with E-state index in [-0.39, 0.29) is 0 Å². The maximum absolute atomic E-state index is 2.40. The molecule has 0 saturated carbocycles. The standard InChI is InChI=1S/C48H28S2/c1-2-10-29(11-3-1)45-35-12-4-6-14-37(35)46(38-15-7-5-13-36(38)45)34-21-20-30-26-31(18-19-32(30)27-34)33-22-24-43-41(28-33)39-23-25-44-47(48(39)50-43)40-16-8-9-17-42(40)49-44/h1-28H. The van der Waals surface area contributed by atoms with Gasteiger partial charge in [-0.1, -0.05) is 133 Å². The van der Waals surface area contributed by atoms with Gasteiger partial charge in [0, 0.05) is 40.3 Å². The highest BCUT2D eigenvalue weighted by atomic mass is 32.1. The molecule has 0 spiro atoms. The summed E-state index contributed by atoms with van der Waals surface area (Å²) < 4.78 is 5.47. The van der Waals surface area contributed by atoms with Gasteiger partial charge in [-0.2, -0.15) is 0 Å². The first-order valence-corrected chi connectivity index (χ1v) is 18.7. The van der Waals surface area contributed by atoms with Crippen LogP contribution in [0.3, 0.4) is 0 Å². The van der Waals surface area contributed by atoms with Gasteiger partial charge in [-0.05, 0) is 102 Å². The minimum absolute atomic E-state index is 1.25. The van der Waals surface area contributed by atoms with Crippen LogP contribution in [0.4, 0.5) is 0 Å². The molecular formula is C48H28S2. The molecule has 50 heavy (non-hydrogen) atoms. The molecule has 11 rings (SSSR count). The zero-order valence-corrected chi connectivity index (χ0v) is 28.6. The van der Waals surface area contributed by atoms with Crippen molar-refractivity contribution in [3.8, 4) is 33.4 Å². The van der Waals surface area contributed by atoms with E-state index in [9.17, 15) is 0 Å². The van der Waals surface area contributed by atoms with Gasteiger partial charge in [0.05, 0.1) is 0 Å². The van der Waals surface area contributed by atoms with Crippen LogP contribution in [0.25, 0.3) is 106 Å². The lowest BCUT2D eigenvalue weighted by Crippen LogP contribution is -1.90. The minimum Gasteiger partial charge on any atom is -0.135 e. The van der Waals surface area contributed by atoms with E-state index in [1.54, 1.807) is 0 Å². The van der Waals surface area contributed by atoms with Crippen molar-refractivity contribution in [2.24, 2.45) is 0 Å². The summed E-state index contributed by atoms with van der Waals surface area (Å²) in [6.07, 6.45) is 0. The third-order valence-corrected chi connectivity index (χ3v) is 12.8. The number of benzene rings is 9. The molecule has 0 aliphatic carbocycles. The van der Waals surface area contributed by atoms with Crippen molar-refractivity contribution in [2.75, 3.05) is 0 Å². The van der Waals surface area contributed by atoms with Crippen molar-refractivity contribution < 1.29 is 0 Å². The van der Waals surface area contributed by atoms with Crippen LogP contribution in [0, 0.1) is 0 Å². The highest BCUT2D eigenvalue weighted by Gasteiger charge is 2.17. The van der Waals surface area contributed by atoms with E-state index < -0.39 is 0 Å². The van der Waals surface area contributed by atoms with E-state index in [1.165, 1.54) is 106 Å². The van der Waals surface area contributed by atoms with E-state index in [4.69, 9.17) is 0 Å². The number of hydrogen-bond acceptors (Lipinski definition) is 2. The Morgan fingerprint density at radius 2 is 0.800 bits per heavy atom. The van der Waals surface area contributed by atoms with Gasteiger partial charge in [-0.15, -0.1) is 22.7 Å². The molecular weight excluding hydrogens is 641 g/mol. The van der Waals surface area contributed by atoms with Crippen LogP contribution in [-0.4, -0.2) is 0 Å². The fraction of sp³-hybridized carbons (Fsp3) is 0. The maximum Gasteiger partial charge on any atom is 0.0448 e. The minimum atomic E-state index is 1.25. The first-order chi connectivity index (χ1) is 24.8. The van der Waals surface area contributed by atoms with Gasteiger partial charge < -0.3 is 0 Å². The summed E-state index contributed by atoms with van der Waals surface area (Å²) in [6, 6.07) is 63.0. The van der Waals surface area contributed by atoms with Gasteiger partial charge in [0.15, 0.2) is 0 Å². The quantitative estimate of drug-likeness (QED) is 0.164. The van der Waals surface area contributed by atoms with Crippen LogP contribution in [-0.2, 0) is 0 Å². The Bertz CT molecular complexity index is 3080. The van der Waals surface area contributed by atoms with Crippen molar-refractivity contribution in [1.29, 1.82) is 0 Å². The summed E-state index contributed by atoms with van der Waals surface area (Å²) in [6.45, 7) is 0. The molecule has 232 valence electrons. The lowest BCUT2D eigenvalue weighted by atomic mass is 9.85. The van der Waals surface area contributed by atoms with Crippen molar-refractivity contribution >= 4 is 95.3 Å². The van der Waals surface area contributed by atoms with Gasteiger partial charge in [-0.25, -0.2) is 0 Å². The number of hydrogen-bond donors (Lipinski definition) is 0. The third kappa shape index (κ3) is 4.16. The lowest BCUT2D eigenvalue weighted by Gasteiger charge is -2.18. The molecule has 2 heteroatoms. The number of fused-ring (bicyclic) bond motifs is 10. The molecule has 11 aromatic rings. The molecule has 0 aliphatic heterocycles. The second-order valence-corrected chi connectivity index (χ2v) is 15.3. The van der Waals surface area contributed by atoms with Crippen molar-refractivity contribution in [1.82, 2.24) is 0 Å². The van der Waals surface area contributed by atoms with Crippen LogP contribution in [0.2, 0.25) is 0 Å². The second kappa shape index (κ2) is 10.9.